The monoisotopic (exact) mass is 254 g/mol. The maximum atomic E-state index is 3.86. The Kier molecular flexibility index (Phi) is 2.00. The number of hydrogen-bond donors (Lipinski definition) is 1. The maximum Gasteiger partial charge on any atom is 0.0382 e. The Morgan fingerprint density at radius 1 is 1.11 bits per heavy atom. The molecule has 1 aromatic rings. The molecule has 1 N–H and O–H groups in total. The van der Waals surface area contributed by atoms with Crippen molar-refractivity contribution in [3.05, 3.63) is 29.8 Å². The molecule has 0 aromatic heterocycles. The number of rotatable bonds is 0. The SMILES string of the molecule is c1ccc2c(c1)N[C@@H]1CC[C@H]3CCCN4CC[C@@]21[C@@H]34. The molecule has 0 bridgehead atoms. The fourth-order valence-corrected chi connectivity index (χ4v) is 5.83. The highest BCUT2D eigenvalue weighted by Crippen LogP contribution is 2.58. The molecule has 0 amide bonds. The molecule has 1 saturated carbocycles. The summed E-state index contributed by atoms with van der Waals surface area (Å²) in [6.45, 7) is 2.67. The molecule has 0 unspecified atom stereocenters. The molecule has 3 fully saturated rings. The topological polar surface area (TPSA) is 15.3 Å². The number of benzene rings is 1. The lowest BCUT2D eigenvalue weighted by atomic mass is 9.60. The van der Waals surface area contributed by atoms with Gasteiger partial charge in [0.2, 0.25) is 0 Å². The lowest BCUT2D eigenvalue weighted by Gasteiger charge is -2.50. The van der Waals surface area contributed by atoms with Gasteiger partial charge in [-0.15, -0.1) is 0 Å². The van der Waals surface area contributed by atoms with Crippen molar-refractivity contribution < 1.29 is 0 Å². The molecular weight excluding hydrogens is 232 g/mol. The predicted molar refractivity (Wildman–Crippen MR) is 77.5 cm³/mol. The first-order valence-corrected chi connectivity index (χ1v) is 8.00. The highest BCUT2D eigenvalue weighted by atomic mass is 15.2. The summed E-state index contributed by atoms with van der Waals surface area (Å²) < 4.78 is 0. The quantitative estimate of drug-likeness (QED) is 0.765. The number of anilines is 1. The van der Waals surface area contributed by atoms with Crippen molar-refractivity contribution in [2.24, 2.45) is 5.92 Å². The van der Waals surface area contributed by atoms with Crippen molar-refractivity contribution in [1.29, 1.82) is 0 Å². The van der Waals surface area contributed by atoms with E-state index in [2.05, 4.69) is 34.5 Å². The molecule has 1 spiro atoms. The molecule has 4 aliphatic rings. The maximum absolute atomic E-state index is 3.86. The van der Waals surface area contributed by atoms with Crippen LogP contribution in [-0.4, -0.2) is 30.1 Å². The summed E-state index contributed by atoms with van der Waals surface area (Å²) in [5, 5.41) is 3.86. The molecule has 1 aliphatic carbocycles. The number of para-hydroxylation sites is 1. The van der Waals surface area contributed by atoms with Gasteiger partial charge in [0.25, 0.3) is 0 Å². The van der Waals surface area contributed by atoms with E-state index in [1.165, 1.54) is 50.9 Å². The molecule has 2 nitrogen and oxygen atoms in total. The fraction of sp³-hybridized carbons (Fsp3) is 0.647. The molecule has 2 heteroatoms. The van der Waals surface area contributed by atoms with E-state index in [1.54, 1.807) is 5.56 Å². The van der Waals surface area contributed by atoms with Crippen LogP contribution in [0, 0.1) is 5.92 Å². The van der Waals surface area contributed by atoms with Crippen LogP contribution in [0.1, 0.15) is 37.7 Å². The zero-order chi connectivity index (χ0) is 12.4. The molecular formula is C17H22N2. The third-order valence-electron chi connectivity index (χ3n) is 6.41. The van der Waals surface area contributed by atoms with Gasteiger partial charge in [0, 0.05) is 23.2 Å². The van der Waals surface area contributed by atoms with Gasteiger partial charge in [0.05, 0.1) is 0 Å². The van der Waals surface area contributed by atoms with Crippen LogP contribution in [0.25, 0.3) is 0 Å². The predicted octanol–water partition coefficient (Wildman–Crippen LogP) is 3.00. The summed E-state index contributed by atoms with van der Waals surface area (Å²) in [5.74, 6) is 0.959. The summed E-state index contributed by atoms with van der Waals surface area (Å²) in [7, 11) is 0. The zero-order valence-corrected chi connectivity index (χ0v) is 11.4. The lowest BCUT2D eigenvalue weighted by Crippen LogP contribution is -2.58. The van der Waals surface area contributed by atoms with Gasteiger partial charge in [-0.3, -0.25) is 4.90 Å². The van der Waals surface area contributed by atoms with Crippen LogP contribution in [0.3, 0.4) is 0 Å². The summed E-state index contributed by atoms with van der Waals surface area (Å²) in [5.41, 5.74) is 3.51. The first-order chi connectivity index (χ1) is 9.39. The van der Waals surface area contributed by atoms with Gasteiger partial charge in [-0.2, -0.15) is 0 Å². The number of nitrogens with one attached hydrogen (secondary N) is 1. The average molecular weight is 254 g/mol. The van der Waals surface area contributed by atoms with Crippen molar-refractivity contribution in [1.82, 2.24) is 4.90 Å². The number of nitrogens with zero attached hydrogens (tertiary/aromatic N) is 1. The Hall–Kier alpha value is -1.02. The van der Waals surface area contributed by atoms with E-state index >= 15 is 0 Å². The molecule has 0 radical (unpaired) electrons. The smallest absolute Gasteiger partial charge is 0.0382 e. The molecule has 19 heavy (non-hydrogen) atoms. The van der Waals surface area contributed by atoms with Gasteiger partial charge >= 0.3 is 0 Å². The highest BCUT2D eigenvalue weighted by Gasteiger charge is 2.61. The van der Waals surface area contributed by atoms with Crippen LogP contribution in [-0.2, 0) is 5.41 Å². The third-order valence-corrected chi connectivity index (χ3v) is 6.41. The van der Waals surface area contributed by atoms with E-state index in [9.17, 15) is 0 Å². The fourth-order valence-electron chi connectivity index (χ4n) is 5.83. The third kappa shape index (κ3) is 1.17. The number of piperidine rings is 1. The zero-order valence-electron chi connectivity index (χ0n) is 11.4. The normalized spacial score (nSPS) is 43.3. The van der Waals surface area contributed by atoms with Crippen molar-refractivity contribution in [2.75, 3.05) is 18.4 Å². The van der Waals surface area contributed by atoms with Gasteiger partial charge in [0.1, 0.15) is 0 Å². The lowest BCUT2D eigenvalue weighted by molar-refractivity contribution is 0.0548. The second-order valence-electron chi connectivity index (χ2n) is 6.99. The highest BCUT2D eigenvalue weighted by molar-refractivity contribution is 5.64. The standard InChI is InChI=1S/C17H22N2/c1-2-6-14-13(5-1)17-9-11-19-10-3-4-12(16(17)19)7-8-15(17)18-14/h1-2,5-6,12,15-16,18H,3-4,7-11H2/t12-,15-,16-,17-/m1/s1. The minimum absolute atomic E-state index is 0.444. The van der Waals surface area contributed by atoms with E-state index in [0.717, 1.165) is 12.0 Å². The minimum atomic E-state index is 0.444. The van der Waals surface area contributed by atoms with Gasteiger partial charge < -0.3 is 5.32 Å². The minimum Gasteiger partial charge on any atom is -0.381 e. The molecule has 2 saturated heterocycles. The Labute approximate surface area is 115 Å². The molecule has 1 aromatic carbocycles. The second kappa shape index (κ2) is 3.54. The van der Waals surface area contributed by atoms with Crippen LogP contribution in [0.15, 0.2) is 24.3 Å². The van der Waals surface area contributed by atoms with Crippen molar-refractivity contribution >= 4 is 5.69 Å². The molecule has 100 valence electrons. The van der Waals surface area contributed by atoms with Gasteiger partial charge in [0.15, 0.2) is 0 Å². The Balaban J connectivity index is 1.71. The van der Waals surface area contributed by atoms with Crippen molar-refractivity contribution in [3.8, 4) is 0 Å². The Morgan fingerprint density at radius 3 is 3.05 bits per heavy atom. The molecule has 4 atom stereocenters. The summed E-state index contributed by atoms with van der Waals surface area (Å²) in [6, 6.07) is 10.7. The second-order valence-corrected chi connectivity index (χ2v) is 6.99. The van der Waals surface area contributed by atoms with Crippen LogP contribution in [0.5, 0.6) is 0 Å². The summed E-state index contributed by atoms with van der Waals surface area (Å²) in [4.78, 5) is 2.82. The van der Waals surface area contributed by atoms with Gasteiger partial charge in [-0.1, -0.05) is 18.2 Å². The van der Waals surface area contributed by atoms with E-state index < -0.39 is 0 Å². The van der Waals surface area contributed by atoms with Crippen LogP contribution in [0.4, 0.5) is 5.69 Å². The number of fused-ring (bicyclic) bond motifs is 1. The van der Waals surface area contributed by atoms with E-state index in [4.69, 9.17) is 0 Å². The largest absolute Gasteiger partial charge is 0.381 e. The molecule has 5 rings (SSSR count). The van der Waals surface area contributed by atoms with E-state index in [-0.39, 0.29) is 0 Å². The van der Waals surface area contributed by atoms with Crippen LogP contribution in [0.2, 0.25) is 0 Å². The molecule has 3 heterocycles. The van der Waals surface area contributed by atoms with Gasteiger partial charge in [-0.05, 0) is 62.7 Å². The Morgan fingerprint density at radius 2 is 2.05 bits per heavy atom. The van der Waals surface area contributed by atoms with Crippen LogP contribution < -0.4 is 5.32 Å². The summed E-state index contributed by atoms with van der Waals surface area (Å²) >= 11 is 0. The summed E-state index contributed by atoms with van der Waals surface area (Å²) in [6.07, 6.45) is 7.09. The van der Waals surface area contributed by atoms with Gasteiger partial charge in [-0.25, -0.2) is 0 Å². The van der Waals surface area contributed by atoms with E-state index in [0.29, 0.717) is 11.5 Å². The van der Waals surface area contributed by atoms with Crippen LogP contribution >= 0.6 is 0 Å². The van der Waals surface area contributed by atoms with Crippen molar-refractivity contribution in [3.63, 3.8) is 0 Å². The van der Waals surface area contributed by atoms with Crippen molar-refractivity contribution in [2.45, 2.75) is 49.6 Å². The Bertz CT molecular complexity index is 526. The number of hydrogen-bond acceptors (Lipinski definition) is 2. The average Bonchev–Trinajstić information content (AvgIpc) is 3.00. The van der Waals surface area contributed by atoms with E-state index in [1.807, 2.05) is 0 Å². The first-order valence-electron chi connectivity index (χ1n) is 8.00. The first kappa shape index (κ1) is 10.7. The molecule has 3 aliphatic heterocycles.